The number of fused-ring (bicyclic) bond motifs is 1. The standard InChI is InChI=1S/C7H11ClN2.ClH/c1-3-2-4(9)10-7-5(3)6(7)8;/h3,5-7H,2H2,1H3,(H2,9,10);1H. The molecule has 0 aromatic carbocycles. The van der Waals surface area contributed by atoms with Gasteiger partial charge in [-0.1, -0.05) is 6.92 Å². The number of nitrogens with one attached hydrogen (secondary N) is 2. The summed E-state index contributed by atoms with van der Waals surface area (Å²) in [6.45, 7) is 2.18. The third kappa shape index (κ3) is 1.34. The Balaban J connectivity index is 0.000000605. The van der Waals surface area contributed by atoms with Gasteiger partial charge in [-0.15, -0.1) is 24.0 Å². The highest BCUT2D eigenvalue weighted by atomic mass is 35.5. The van der Waals surface area contributed by atoms with Crippen molar-refractivity contribution in [3.05, 3.63) is 0 Å². The molecule has 2 nitrogen and oxygen atoms in total. The van der Waals surface area contributed by atoms with E-state index in [2.05, 4.69) is 12.2 Å². The number of rotatable bonds is 0. The van der Waals surface area contributed by atoms with Crippen LogP contribution in [0.5, 0.6) is 0 Å². The summed E-state index contributed by atoms with van der Waals surface area (Å²) >= 11 is 5.96. The molecule has 0 aromatic heterocycles. The molecule has 1 saturated carbocycles. The molecule has 2 fully saturated rings. The Morgan fingerprint density at radius 2 is 2.27 bits per heavy atom. The zero-order valence-corrected chi connectivity index (χ0v) is 7.88. The van der Waals surface area contributed by atoms with E-state index in [1.54, 1.807) is 0 Å². The molecule has 2 rings (SSSR count). The van der Waals surface area contributed by atoms with Gasteiger partial charge in [0.2, 0.25) is 0 Å². The SMILES string of the molecule is CC1CC(=N)NC2C(Cl)C12.Cl. The third-order valence-corrected chi connectivity index (χ3v) is 3.07. The molecule has 1 heterocycles. The first kappa shape index (κ1) is 9.14. The van der Waals surface area contributed by atoms with Gasteiger partial charge in [-0.2, -0.15) is 0 Å². The molecule has 4 heteroatoms. The van der Waals surface area contributed by atoms with Crippen LogP contribution in [0.2, 0.25) is 0 Å². The summed E-state index contributed by atoms with van der Waals surface area (Å²) in [5.41, 5.74) is 0. The van der Waals surface area contributed by atoms with E-state index in [4.69, 9.17) is 17.0 Å². The fourth-order valence-electron chi connectivity index (χ4n) is 1.86. The van der Waals surface area contributed by atoms with Gasteiger partial charge in [-0.25, -0.2) is 0 Å². The van der Waals surface area contributed by atoms with Crippen LogP contribution in [-0.4, -0.2) is 17.3 Å². The number of hydrogen-bond donors (Lipinski definition) is 2. The molecule has 0 bridgehead atoms. The van der Waals surface area contributed by atoms with Crippen molar-refractivity contribution in [1.82, 2.24) is 5.32 Å². The van der Waals surface area contributed by atoms with E-state index in [1.807, 2.05) is 0 Å². The van der Waals surface area contributed by atoms with Crippen LogP contribution in [0.3, 0.4) is 0 Å². The summed E-state index contributed by atoms with van der Waals surface area (Å²) in [7, 11) is 0. The molecule has 2 N–H and O–H groups in total. The van der Waals surface area contributed by atoms with Gasteiger partial charge in [-0.05, 0) is 5.92 Å². The Morgan fingerprint density at radius 3 is 2.82 bits per heavy atom. The Labute approximate surface area is 77.6 Å². The zero-order valence-electron chi connectivity index (χ0n) is 6.30. The fourth-order valence-corrected chi connectivity index (χ4v) is 2.41. The van der Waals surface area contributed by atoms with E-state index in [0.717, 1.165) is 6.42 Å². The van der Waals surface area contributed by atoms with Crippen LogP contribution in [0.15, 0.2) is 0 Å². The molecule has 4 atom stereocenters. The minimum absolute atomic E-state index is 0. The summed E-state index contributed by atoms with van der Waals surface area (Å²) in [5, 5.41) is 10.8. The molecule has 0 amide bonds. The summed E-state index contributed by atoms with van der Waals surface area (Å²) in [5.74, 6) is 1.91. The number of piperidine rings is 1. The fraction of sp³-hybridized carbons (Fsp3) is 0.857. The quantitative estimate of drug-likeness (QED) is 0.566. The summed E-state index contributed by atoms with van der Waals surface area (Å²) in [4.78, 5) is 0. The maximum Gasteiger partial charge on any atom is 0.0937 e. The van der Waals surface area contributed by atoms with Gasteiger partial charge in [0.1, 0.15) is 0 Å². The minimum atomic E-state index is 0. The number of halogens is 2. The highest BCUT2D eigenvalue weighted by molar-refractivity contribution is 6.24. The van der Waals surface area contributed by atoms with E-state index >= 15 is 0 Å². The summed E-state index contributed by atoms with van der Waals surface area (Å²) in [6.07, 6.45) is 0.879. The van der Waals surface area contributed by atoms with Crippen molar-refractivity contribution in [3.63, 3.8) is 0 Å². The normalized spacial score (nSPS) is 46.9. The van der Waals surface area contributed by atoms with E-state index < -0.39 is 0 Å². The molecular weight excluding hydrogens is 183 g/mol. The molecule has 11 heavy (non-hydrogen) atoms. The first-order chi connectivity index (χ1) is 4.70. The zero-order chi connectivity index (χ0) is 7.30. The molecule has 1 aliphatic heterocycles. The van der Waals surface area contributed by atoms with Gasteiger partial charge < -0.3 is 5.32 Å². The lowest BCUT2D eigenvalue weighted by molar-refractivity contribution is 0.473. The van der Waals surface area contributed by atoms with Crippen LogP contribution in [-0.2, 0) is 0 Å². The van der Waals surface area contributed by atoms with Crippen LogP contribution in [0.25, 0.3) is 0 Å². The van der Waals surface area contributed by atoms with Crippen LogP contribution in [0, 0.1) is 17.2 Å². The third-order valence-electron chi connectivity index (χ3n) is 2.51. The average Bonchev–Trinajstić information content (AvgIpc) is 2.42. The lowest BCUT2D eigenvalue weighted by Gasteiger charge is -2.18. The topological polar surface area (TPSA) is 35.9 Å². The Hall–Kier alpha value is 0.0500. The van der Waals surface area contributed by atoms with Crippen LogP contribution in [0.1, 0.15) is 13.3 Å². The van der Waals surface area contributed by atoms with Crippen molar-refractivity contribution in [2.45, 2.75) is 24.8 Å². The van der Waals surface area contributed by atoms with Crippen molar-refractivity contribution in [2.24, 2.45) is 11.8 Å². The second-order valence-electron chi connectivity index (χ2n) is 3.35. The maximum absolute atomic E-state index is 7.40. The molecule has 2 aliphatic rings. The molecule has 0 radical (unpaired) electrons. The lowest BCUT2D eigenvalue weighted by Crippen LogP contribution is -2.33. The smallest absolute Gasteiger partial charge is 0.0937 e. The van der Waals surface area contributed by atoms with Gasteiger partial charge in [-0.3, -0.25) is 5.41 Å². The second kappa shape index (κ2) is 2.83. The van der Waals surface area contributed by atoms with E-state index in [-0.39, 0.29) is 17.8 Å². The van der Waals surface area contributed by atoms with Crippen LogP contribution >= 0.6 is 24.0 Å². The molecule has 1 aliphatic carbocycles. The largest absolute Gasteiger partial charge is 0.369 e. The van der Waals surface area contributed by atoms with Crippen molar-refractivity contribution in [3.8, 4) is 0 Å². The van der Waals surface area contributed by atoms with Gasteiger partial charge >= 0.3 is 0 Å². The van der Waals surface area contributed by atoms with Gasteiger partial charge in [0, 0.05) is 18.4 Å². The Bertz CT molecular complexity index is 173. The molecule has 4 unspecified atom stereocenters. The highest BCUT2D eigenvalue weighted by Crippen LogP contribution is 2.46. The van der Waals surface area contributed by atoms with E-state index in [1.165, 1.54) is 0 Å². The van der Waals surface area contributed by atoms with E-state index in [9.17, 15) is 0 Å². The molecule has 64 valence electrons. The summed E-state index contributed by atoms with van der Waals surface area (Å²) in [6, 6.07) is 0.415. The lowest BCUT2D eigenvalue weighted by atomic mass is 9.98. The van der Waals surface area contributed by atoms with Crippen LogP contribution < -0.4 is 5.32 Å². The Morgan fingerprint density at radius 1 is 1.64 bits per heavy atom. The Kier molecular flexibility index (Phi) is 2.35. The van der Waals surface area contributed by atoms with Crippen molar-refractivity contribution in [2.75, 3.05) is 0 Å². The second-order valence-corrected chi connectivity index (χ2v) is 3.86. The number of hydrogen-bond acceptors (Lipinski definition) is 1. The van der Waals surface area contributed by atoms with Gasteiger partial charge in [0.05, 0.1) is 11.2 Å². The molecule has 0 aromatic rings. The van der Waals surface area contributed by atoms with Crippen molar-refractivity contribution < 1.29 is 0 Å². The molecule has 0 spiro atoms. The number of alkyl halides is 1. The van der Waals surface area contributed by atoms with Gasteiger partial charge in [0.25, 0.3) is 0 Å². The van der Waals surface area contributed by atoms with E-state index in [0.29, 0.717) is 23.7 Å². The molecular formula is C7H12Cl2N2. The monoisotopic (exact) mass is 194 g/mol. The predicted octanol–water partition coefficient (Wildman–Crippen LogP) is 1.62. The van der Waals surface area contributed by atoms with Gasteiger partial charge in [0.15, 0.2) is 0 Å². The maximum atomic E-state index is 7.40. The number of amidine groups is 1. The first-order valence-electron chi connectivity index (χ1n) is 3.68. The predicted molar refractivity (Wildman–Crippen MR) is 48.8 cm³/mol. The average molecular weight is 195 g/mol. The summed E-state index contributed by atoms with van der Waals surface area (Å²) < 4.78 is 0. The first-order valence-corrected chi connectivity index (χ1v) is 4.12. The molecule has 1 saturated heterocycles. The van der Waals surface area contributed by atoms with Crippen molar-refractivity contribution in [1.29, 1.82) is 5.41 Å². The minimum Gasteiger partial charge on any atom is -0.369 e. The van der Waals surface area contributed by atoms with Crippen molar-refractivity contribution >= 4 is 29.8 Å². The highest BCUT2D eigenvalue weighted by Gasteiger charge is 2.54. The van der Waals surface area contributed by atoms with Crippen LogP contribution in [0.4, 0.5) is 0 Å².